The van der Waals surface area contributed by atoms with Crippen LogP contribution in [-0.4, -0.2) is 43.0 Å². The molecule has 2 fully saturated rings. The second-order valence-corrected chi connectivity index (χ2v) is 5.79. The van der Waals surface area contributed by atoms with E-state index in [0.717, 1.165) is 38.0 Å². The first kappa shape index (κ1) is 15.2. The standard InChI is InChI=1S/C16H23N3O3/c1-2-3-15(20)18-14-5-4-13(12-17-14)19-8-6-16(7-9-19)21-10-11-22-16/h4-5,12H,2-3,6-11H2,1H3,(H,17,18,20). The molecular formula is C16H23N3O3. The Morgan fingerprint density at radius 3 is 2.64 bits per heavy atom. The van der Waals surface area contributed by atoms with Gasteiger partial charge in [-0.05, 0) is 18.6 Å². The largest absolute Gasteiger partial charge is 0.370 e. The second kappa shape index (κ2) is 6.62. The van der Waals surface area contributed by atoms with E-state index in [4.69, 9.17) is 9.47 Å². The zero-order valence-electron chi connectivity index (χ0n) is 13.0. The van der Waals surface area contributed by atoms with Crippen molar-refractivity contribution in [3.8, 4) is 0 Å². The van der Waals surface area contributed by atoms with E-state index in [1.807, 2.05) is 25.3 Å². The molecule has 1 N–H and O–H groups in total. The van der Waals surface area contributed by atoms with Crippen LogP contribution in [0.5, 0.6) is 0 Å². The van der Waals surface area contributed by atoms with Gasteiger partial charge in [0.05, 0.1) is 25.1 Å². The lowest BCUT2D eigenvalue weighted by Gasteiger charge is -2.38. The van der Waals surface area contributed by atoms with Crippen LogP contribution in [-0.2, 0) is 14.3 Å². The second-order valence-electron chi connectivity index (χ2n) is 5.79. The van der Waals surface area contributed by atoms with Gasteiger partial charge in [-0.15, -0.1) is 0 Å². The van der Waals surface area contributed by atoms with Gasteiger partial charge in [0.2, 0.25) is 5.91 Å². The number of pyridine rings is 1. The molecule has 0 radical (unpaired) electrons. The zero-order chi connectivity index (χ0) is 15.4. The normalized spacial score (nSPS) is 20.3. The van der Waals surface area contributed by atoms with Crippen LogP contribution in [0.1, 0.15) is 32.6 Å². The minimum absolute atomic E-state index is 0.0122. The SMILES string of the molecule is CCCC(=O)Nc1ccc(N2CCC3(CC2)OCCO3)cn1. The van der Waals surface area contributed by atoms with Crippen molar-refractivity contribution in [2.24, 2.45) is 0 Å². The van der Waals surface area contributed by atoms with Gasteiger partial charge in [-0.3, -0.25) is 4.79 Å². The number of carbonyl (C=O) groups is 1. The Bertz CT molecular complexity index is 502. The first-order valence-electron chi connectivity index (χ1n) is 7.99. The van der Waals surface area contributed by atoms with E-state index in [1.54, 1.807) is 0 Å². The zero-order valence-corrected chi connectivity index (χ0v) is 13.0. The summed E-state index contributed by atoms with van der Waals surface area (Å²) >= 11 is 0. The van der Waals surface area contributed by atoms with Gasteiger partial charge in [0.15, 0.2) is 5.79 Å². The quantitative estimate of drug-likeness (QED) is 0.923. The van der Waals surface area contributed by atoms with Crippen LogP contribution in [0.25, 0.3) is 0 Å². The summed E-state index contributed by atoms with van der Waals surface area (Å²) in [5.74, 6) is 0.272. The number of rotatable bonds is 4. The fourth-order valence-corrected chi connectivity index (χ4v) is 2.97. The molecule has 2 aliphatic rings. The summed E-state index contributed by atoms with van der Waals surface area (Å²) in [6, 6.07) is 3.86. The number of aromatic nitrogens is 1. The number of hydrogen-bond acceptors (Lipinski definition) is 5. The van der Waals surface area contributed by atoms with Gasteiger partial charge in [0, 0.05) is 32.4 Å². The highest BCUT2D eigenvalue weighted by Gasteiger charge is 2.39. The van der Waals surface area contributed by atoms with Gasteiger partial charge >= 0.3 is 0 Å². The Hall–Kier alpha value is -1.66. The molecule has 1 aromatic rings. The first-order valence-corrected chi connectivity index (χ1v) is 7.99. The fraction of sp³-hybridized carbons (Fsp3) is 0.625. The summed E-state index contributed by atoms with van der Waals surface area (Å²) in [6.07, 6.45) is 4.93. The van der Waals surface area contributed by atoms with Gasteiger partial charge in [0.1, 0.15) is 5.82 Å². The van der Waals surface area contributed by atoms with Crippen molar-refractivity contribution in [3.05, 3.63) is 18.3 Å². The van der Waals surface area contributed by atoms with Crippen molar-refractivity contribution >= 4 is 17.4 Å². The van der Waals surface area contributed by atoms with E-state index in [2.05, 4.69) is 15.2 Å². The molecule has 1 amide bonds. The molecule has 2 aliphatic heterocycles. The fourth-order valence-electron chi connectivity index (χ4n) is 2.97. The van der Waals surface area contributed by atoms with Gasteiger partial charge in [-0.2, -0.15) is 0 Å². The smallest absolute Gasteiger partial charge is 0.225 e. The van der Waals surface area contributed by atoms with Gasteiger partial charge < -0.3 is 19.7 Å². The highest BCUT2D eigenvalue weighted by Crippen LogP contribution is 2.33. The van der Waals surface area contributed by atoms with Crippen molar-refractivity contribution < 1.29 is 14.3 Å². The lowest BCUT2D eigenvalue weighted by molar-refractivity contribution is -0.169. The number of carbonyl (C=O) groups excluding carboxylic acids is 1. The molecule has 0 bridgehead atoms. The topological polar surface area (TPSA) is 63.7 Å². The molecule has 0 aromatic carbocycles. The number of nitrogens with one attached hydrogen (secondary N) is 1. The molecule has 1 spiro atoms. The Morgan fingerprint density at radius 2 is 2.05 bits per heavy atom. The third kappa shape index (κ3) is 3.39. The molecule has 3 heterocycles. The van der Waals surface area contributed by atoms with E-state index in [9.17, 15) is 4.79 Å². The minimum Gasteiger partial charge on any atom is -0.370 e. The predicted molar refractivity (Wildman–Crippen MR) is 83.9 cm³/mol. The number of nitrogens with zero attached hydrogens (tertiary/aromatic N) is 2. The highest BCUT2D eigenvalue weighted by molar-refractivity contribution is 5.89. The molecule has 120 valence electrons. The molecule has 6 heteroatoms. The summed E-state index contributed by atoms with van der Waals surface area (Å²) in [5, 5.41) is 2.80. The third-order valence-corrected chi connectivity index (χ3v) is 4.20. The Balaban J connectivity index is 1.56. The van der Waals surface area contributed by atoms with E-state index < -0.39 is 0 Å². The van der Waals surface area contributed by atoms with Crippen LogP contribution in [0, 0.1) is 0 Å². The molecule has 6 nitrogen and oxygen atoms in total. The van der Waals surface area contributed by atoms with Gasteiger partial charge in [0.25, 0.3) is 0 Å². The van der Waals surface area contributed by atoms with Crippen LogP contribution in [0.2, 0.25) is 0 Å². The summed E-state index contributed by atoms with van der Waals surface area (Å²) in [7, 11) is 0. The monoisotopic (exact) mass is 305 g/mol. The predicted octanol–water partition coefficient (Wildman–Crippen LogP) is 2.16. The number of anilines is 2. The summed E-state index contributed by atoms with van der Waals surface area (Å²) in [4.78, 5) is 18.2. The van der Waals surface area contributed by atoms with E-state index in [-0.39, 0.29) is 11.7 Å². The molecule has 3 rings (SSSR count). The van der Waals surface area contributed by atoms with Crippen molar-refractivity contribution in [2.75, 3.05) is 36.5 Å². The van der Waals surface area contributed by atoms with E-state index in [0.29, 0.717) is 25.5 Å². The van der Waals surface area contributed by atoms with Crippen LogP contribution in [0.3, 0.4) is 0 Å². The van der Waals surface area contributed by atoms with E-state index in [1.165, 1.54) is 0 Å². The molecule has 22 heavy (non-hydrogen) atoms. The maximum Gasteiger partial charge on any atom is 0.225 e. The van der Waals surface area contributed by atoms with Crippen molar-refractivity contribution in [1.29, 1.82) is 0 Å². The summed E-state index contributed by atoms with van der Waals surface area (Å²) in [6.45, 7) is 5.17. The molecule has 0 saturated carbocycles. The van der Waals surface area contributed by atoms with Crippen molar-refractivity contribution in [1.82, 2.24) is 4.98 Å². The van der Waals surface area contributed by atoms with Crippen molar-refractivity contribution in [3.63, 3.8) is 0 Å². The number of hydrogen-bond donors (Lipinski definition) is 1. The van der Waals surface area contributed by atoms with Crippen LogP contribution < -0.4 is 10.2 Å². The first-order chi connectivity index (χ1) is 10.7. The Morgan fingerprint density at radius 1 is 1.32 bits per heavy atom. The van der Waals surface area contributed by atoms with Gasteiger partial charge in [-0.25, -0.2) is 4.98 Å². The Labute approximate surface area is 130 Å². The number of amides is 1. The average molecular weight is 305 g/mol. The third-order valence-electron chi connectivity index (χ3n) is 4.20. The van der Waals surface area contributed by atoms with Crippen LogP contribution >= 0.6 is 0 Å². The Kier molecular flexibility index (Phi) is 4.59. The number of piperidine rings is 1. The lowest BCUT2D eigenvalue weighted by Crippen LogP contribution is -2.45. The van der Waals surface area contributed by atoms with Crippen LogP contribution in [0.4, 0.5) is 11.5 Å². The minimum atomic E-state index is -0.349. The van der Waals surface area contributed by atoms with Crippen LogP contribution in [0.15, 0.2) is 18.3 Å². The van der Waals surface area contributed by atoms with Crippen molar-refractivity contribution in [2.45, 2.75) is 38.4 Å². The average Bonchev–Trinajstić information content (AvgIpc) is 2.97. The number of ether oxygens (including phenoxy) is 2. The highest BCUT2D eigenvalue weighted by atomic mass is 16.7. The molecule has 0 atom stereocenters. The molecule has 1 aromatic heterocycles. The molecule has 0 aliphatic carbocycles. The molecular weight excluding hydrogens is 282 g/mol. The molecule has 2 saturated heterocycles. The lowest BCUT2D eigenvalue weighted by atomic mass is 10.0. The molecule has 0 unspecified atom stereocenters. The summed E-state index contributed by atoms with van der Waals surface area (Å²) < 4.78 is 11.5. The van der Waals surface area contributed by atoms with Gasteiger partial charge in [-0.1, -0.05) is 6.92 Å². The maximum absolute atomic E-state index is 11.6. The van der Waals surface area contributed by atoms with E-state index >= 15 is 0 Å². The summed E-state index contributed by atoms with van der Waals surface area (Å²) in [5.41, 5.74) is 1.07. The maximum atomic E-state index is 11.6.